The molecule has 4 rings (SSSR count). The second kappa shape index (κ2) is 8.06. The Bertz CT molecular complexity index is 1150. The van der Waals surface area contributed by atoms with Gasteiger partial charge in [-0.3, -0.25) is 9.59 Å². The third-order valence-corrected chi connectivity index (χ3v) is 6.43. The predicted octanol–water partition coefficient (Wildman–Crippen LogP) is 5.36. The van der Waals surface area contributed by atoms with Crippen LogP contribution in [0.15, 0.2) is 75.7 Å². The van der Waals surface area contributed by atoms with Gasteiger partial charge in [-0.1, -0.05) is 50.1 Å². The SMILES string of the molecule is O=C(CC1(O)C(=O)N(Cc2ccccc2Br)c2ccc(Br)cc21)c1ccc(F)cc1. The number of carbonyl (C=O) groups is 2. The highest BCUT2D eigenvalue weighted by Crippen LogP contribution is 2.45. The van der Waals surface area contributed by atoms with Crippen LogP contribution < -0.4 is 4.90 Å². The second-order valence-electron chi connectivity index (χ2n) is 7.11. The highest BCUT2D eigenvalue weighted by molar-refractivity contribution is 9.10. The molecule has 30 heavy (non-hydrogen) atoms. The molecule has 0 fully saturated rings. The zero-order valence-electron chi connectivity index (χ0n) is 15.6. The largest absolute Gasteiger partial charge is 0.375 e. The fourth-order valence-corrected chi connectivity index (χ4v) is 4.39. The first-order valence-corrected chi connectivity index (χ1v) is 10.7. The molecule has 0 saturated carbocycles. The summed E-state index contributed by atoms with van der Waals surface area (Å²) in [4.78, 5) is 27.7. The van der Waals surface area contributed by atoms with Crippen LogP contribution in [0.4, 0.5) is 10.1 Å². The number of hydrogen-bond acceptors (Lipinski definition) is 3. The van der Waals surface area contributed by atoms with Crippen molar-refractivity contribution in [1.82, 2.24) is 0 Å². The van der Waals surface area contributed by atoms with Crippen molar-refractivity contribution >= 4 is 49.2 Å². The van der Waals surface area contributed by atoms with E-state index in [0.29, 0.717) is 15.7 Å². The molecule has 0 spiro atoms. The Morgan fingerprint density at radius 1 is 1.03 bits per heavy atom. The van der Waals surface area contributed by atoms with Crippen molar-refractivity contribution in [3.05, 3.63) is 98.2 Å². The fourth-order valence-electron chi connectivity index (χ4n) is 3.62. The van der Waals surface area contributed by atoms with Gasteiger partial charge in [0.15, 0.2) is 11.4 Å². The third kappa shape index (κ3) is 3.73. The number of amides is 1. The van der Waals surface area contributed by atoms with E-state index < -0.39 is 29.5 Å². The Hall–Kier alpha value is -2.35. The molecule has 7 heteroatoms. The number of Topliss-reactive ketones (excluding diaryl/α,β-unsaturated/α-hetero) is 1. The maximum atomic E-state index is 13.4. The van der Waals surface area contributed by atoms with Crippen LogP contribution in [0.3, 0.4) is 0 Å². The summed E-state index contributed by atoms with van der Waals surface area (Å²) in [7, 11) is 0. The van der Waals surface area contributed by atoms with Gasteiger partial charge in [-0.2, -0.15) is 0 Å². The van der Waals surface area contributed by atoms with E-state index >= 15 is 0 Å². The molecule has 1 atom stereocenters. The van der Waals surface area contributed by atoms with Crippen molar-refractivity contribution in [2.75, 3.05) is 4.90 Å². The number of hydrogen-bond donors (Lipinski definition) is 1. The molecule has 0 aliphatic carbocycles. The molecule has 0 radical (unpaired) electrons. The minimum absolute atomic E-state index is 0.235. The number of anilines is 1. The lowest BCUT2D eigenvalue weighted by molar-refractivity contribution is -0.136. The summed E-state index contributed by atoms with van der Waals surface area (Å²) in [6.45, 7) is 0.238. The zero-order valence-corrected chi connectivity index (χ0v) is 18.8. The van der Waals surface area contributed by atoms with Crippen LogP contribution in [0.1, 0.15) is 27.9 Å². The maximum absolute atomic E-state index is 13.4. The van der Waals surface area contributed by atoms with E-state index in [9.17, 15) is 19.1 Å². The average molecular weight is 533 g/mol. The molecule has 3 aromatic carbocycles. The smallest absolute Gasteiger partial charge is 0.264 e. The first-order chi connectivity index (χ1) is 14.3. The van der Waals surface area contributed by atoms with Crippen LogP contribution in [0, 0.1) is 5.82 Å². The first-order valence-electron chi connectivity index (χ1n) is 9.16. The molecule has 4 nitrogen and oxygen atoms in total. The van der Waals surface area contributed by atoms with Gasteiger partial charge in [0.1, 0.15) is 5.82 Å². The average Bonchev–Trinajstić information content (AvgIpc) is 2.91. The minimum Gasteiger partial charge on any atom is -0.375 e. The van der Waals surface area contributed by atoms with Crippen molar-refractivity contribution in [3.63, 3.8) is 0 Å². The van der Waals surface area contributed by atoms with Crippen molar-refractivity contribution in [3.8, 4) is 0 Å². The zero-order chi connectivity index (χ0) is 21.5. The lowest BCUT2D eigenvalue weighted by Gasteiger charge is -2.23. The highest BCUT2D eigenvalue weighted by atomic mass is 79.9. The molecule has 1 aliphatic heterocycles. The van der Waals surface area contributed by atoms with Gasteiger partial charge in [0, 0.05) is 20.1 Å². The van der Waals surface area contributed by atoms with Gasteiger partial charge in [0.25, 0.3) is 5.91 Å². The normalized spacial score (nSPS) is 17.9. The molecule has 152 valence electrons. The summed E-state index contributed by atoms with van der Waals surface area (Å²) in [6.07, 6.45) is -0.437. The number of ketones is 1. The Balaban J connectivity index is 1.72. The van der Waals surface area contributed by atoms with Crippen molar-refractivity contribution in [2.24, 2.45) is 0 Å². The number of benzene rings is 3. The molecule has 1 aliphatic rings. The molecule has 0 saturated heterocycles. The summed E-state index contributed by atoms with van der Waals surface area (Å²) in [6, 6.07) is 17.7. The van der Waals surface area contributed by atoms with Crippen molar-refractivity contribution in [2.45, 2.75) is 18.6 Å². The fraction of sp³-hybridized carbons (Fsp3) is 0.130. The van der Waals surface area contributed by atoms with E-state index in [4.69, 9.17) is 0 Å². The molecule has 0 aromatic heterocycles. The van der Waals surface area contributed by atoms with Gasteiger partial charge in [0.05, 0.1) is 18.7 Å². The van der Waals surface area contributed by atoms with E-state index in [-0.39, 0.29) is 12.1 Å². The van der Waals surface area contributed by atoms with Gasteiger partial charge >= 0.3 is 0 Å². The summed E-state index contributed by atoms with van der Waals surface area (Å²) >= 11 is 6.87. The standard InChI is InChI=1S/C23H16Br2FNO3/c24-16-7-10-20-18(11-16)23(30,12-21(28)14-5-8-17(26)9-6-14)22(29)27(20)13-15-3-1-2-4-19(15)25/h1-11,30H,12-13H2. The number of rotatable bonds is 5. The quantitative estimate of drug-likeness (QED) is 0.450. The van der Waals surface area contributed by atoms with Crippen molar-refractivity contribution < 1.29 is 19.1 Å². The van der Waals surface area contributed by atoms with Crippen LogP contribution in [0.2, 0.25) is 0 Å². The Morgan fingerprint density at radius 2 is 1.73 bits per heavy atom. The van der Waals surface area contributed by atoms with Gasteiger partial charge in [-0.25, -0.2) is 4.39 Å². The number of nitrogens with zero attached hydrogens (tertiary/aromatic N) is 1. The Labute approximate surface area is 189 Å². The van der Waals surface area contributed by atoms with Gasteiger partial charge in [-0.05, 0) is 54.1 Å². The summed E-state index contributed by atoms with van der Waals surface area (Å²) in [5.41, 5.74) is 0.0104. The molecule has 1 heterocycles. The van der Waals surface area contributed by atoms with E-state index in [1.54, 1.807) is 18.2 Å². The molecular formula is C23H16Br2FNO3. The van der Waals surface area contributed by atoms with Crippen LogP contribution in [0.25, 0.3) is 0 Å². The van der Waals surface area contributed by atoms with Crippen molar-refractivity contribution in [1.29, 1.82) is 0 Å². The first kappa shape index (κ1) is 20.9. The lowest BCUT2D eigenvalue weighted by Crippen LogP contribution is -2.41. The highest BCUT2D eigenvalue weighted by Gasteiger charge is 2.51. The summed E-state index contributed by atoms with van der Waals surface area (Å²) < 4.78 is 14.7. The number of halogens is 3. The molecule has 0 bridgehead atoms. The lowest BCUT2D eigenvalue weighted by atomic mass is 9.88. The third-order valence-electron chi connectivity index (χ3n) is 5.16. The van der Waals surface area contributed by atoms with Gasteiger partial charge < -0.3 is 10.0 Å². The molecule has 1 amide bonds. The van der Waals surface area contributed by atoms with E-state index in [0.717, 1.165) is 10.0 Å². The van der Waals surface area contributed by atoms with E-state index in [2.05, 4.69) is 31.9 Å². The second-order valence-corrected chi connectivity index (χ2v) is 8.88. The monoisotopic (exact) mass is 531 g/mol. The summed E-state index contributed by atoms with van der Waals surface area (Å²) in [5.74, 6) is -1.47. The van der Waals surface area contributed by atoms with Crippen LogP contribution in [-0.4, -0.2) is 16.8 Å². The van der Waals surface area contributed by atoms with Gasteiger partial charge in [0.2, 0.25) is 0 Å². The number of carbonyl (C=O) groups excluding carboxylic acids is 2. The summed E-state index contributed by atoms with van der Waals surface area (Å²) in [5, 5.41) is 11.4. The van der Waals surface area contributed by atoms with E-state index in [1.165, 1.54) is 29.2 Å². The Kier molecular flexibility index (Phi) is 5.61. The van der Waals surface area contributed by atoms with Crippen LogP contribution in [0.5, 0.6) is 0 Å². The van der Waals surface area contributed by atoms with Gasteiger partial charge in [-0.15, -0.1) is 0 Å². The van der Waals surface area contributed by atoms with E-state index in [1.807, 2.05) is 24.3 Å². The van der Waals surface area contributed by atoms with Crippen LogP contribution in [-0.2, 0) is 16.9 Å². The topological polar surface area (TPSA) is 57.6 Å². The molecule has 1 unspecified atom stereocenters. The molecular weight excluding hydrogens is 517 g/mol. The Morgan fingerprint density at radius 3 is 2.43 bits per heavy atom. The minimum atomic E-state index is -2.01. The predicted molar refractivity (Wildman–Crippen MR) is 119 cm³/mol. The number of fused-ring (bicyclic) bond motifs is 1. The maximum Gasteiger partial charge on any atom is 0.264 e. The number of aliphatic hydroxyl groups is 1. The van der Waals surface area contributed by atoms with Crippen LogP contribution >= 0.6 is 31.9 Å². The molecule has 3 aromatic rings. The molecule has 1 N–H and O–H groups in total.